The van der Waals surface area contributed by atoms with Gasteiger partial charge in [-0.25, -0.2) is 9.59 Å². The molecule has 12 nitrogen and oxygen atoms in total. The summed E-state index contributed by atoms with van der Waals surface area (Å²) in [4.78, 5) is 52.0. The summed E-state index contributed by atoms with van der Waals surface area (Å²) in [5.74, 6) is -0.285. The number of nitrogens with zero attached hydrogens (tertiary/aromatic N) is 2. The monoisotopic (exact) mass is 453 g/mol. The van der Waals surface area contributed by atoms with E-state index in [1.165, 1.54) is 23.1 Å². The standard InChI is InChI=1S/C20H27N3O9/c1-20(2,3)32-18(25)21-15-7-9-22(10-8-15)17(24)13-29-19(26)31-16-6-4-5-14(11-16)12-30-23(27)28/h4-6,11,15H,7-10,12-13H2,1-3H3,(H,21,25). The lowest BCUT2D eigenvalue weighted by atomic mass is 10.1. The van der Waals surface area contributed by atoms with Gasteiger partial charge in [0.1, 0.15) is 18.0 Å². The first kappa shape index (κ1) is 24.7. The highest BCUT2D eigenvalue weighted by atomic mass is 16.9. The van der Waals surface area contributed by atoms with Gasteiger partial charge in [-0.05, 0) is 51.3 Å². The van der Waals surface area contributed by atoms with Crippen LogP contribution in [-0.2, 0) is 25.7 Å². The zero-order valence-electron chi connectivity index (χ0n) is 18.2. The van der Waals surface area contributed by atoms with Crippen LogP contribution in [0.4, 0.5) is 9.59 Å². The smallest absolute Gasteiger partial charge is 0.444 e. The van der Waals surface area contributed by atoms with Crippen LogP contribution in [0.3, 0.4) is 0 Å². The molecule has 32 heavy (non-hydrogen) atoms. The van der Waals surface area contributed by atoms with Crippen molar-refractivity contribution in [2.45, 2.75) is 51.9 Å². The molecule has 0 spiro atoms. The van der Waals surface area contributed by atoms with Crippen molar-refractivity contribution in [2.24, 2.45) is 0 Å². The molecule has 1 heterocycles. The van der Waals surface area contributed by atoms with E-state index in [2.05, 4.69) is 10.2 Å². The highest BCUT2D eigenvalue weighted by molar-refractivity contribution is 5.79. The number of ether oxygens (including phenoxy) is 3. The number of carbonyl (C=O) groups excluding carboxylic acids is 3. The lowest BCUT2D eigenvalue weighted by molar-refractivity contribution is -0.763. The number of hydrogen-bond acceptors (Lipinski definition) is 9. The summed E-state index contributed by atoms with van der Waals surface area (Å²) in [7, 11) is 0. The minimum atomic E-state index is -1.08. The third-order valence-corrected chi connectivity index (χ3v) is 4.32. The number of amides is 2. The van der Waals surface area contributed by atoms with E-state index in [1.807, 2.05) is 0 Å². The van der Waals surface area contributed by atoms with E-state index < -0.39 is 29.5 Å². The van der Waals surface area contributed by atoms with Gasteiger partial charge in [-0.1, -0.05) is 12.1 Å². The Kier molecular flexibility index (Phi) is 8.62. The Hall–Kier alpha value is -3.57. The van der Waals surface area contributed by atoms with Crippen molar-refractivity contribution in [3.05, 3.63) is 39.9 Å². The molecule has 0 unspecified atom stereocenters. The Bertz CT molecular complexity index is 830. The minimum Gasteiger partial charge on any atom is -0.444 e. The number of carbonyl (C=O) groups is 3. The summed E-state index contributed by atoms with van der Waals surface area (Å²) in [6.07, 6.45) is -0.474. The van der Waals surface area contributed by atoms with E-state index in [0.29, 0.717) is 31.5 Å². The Morgan fingerprint density at radius 3 is 2.53 bits per heavy atom. The van der Waals surface area contributed by atoms with Crippen LogP contribution in [0.5, 0.6) is 5.75 Å². The first-order chi connectivity index (χ1) is 15.0. The largest absolute Gasteiger partial charge is 0.514 e. The summed E-state index contributed by atoms with van der Waals surface area (Å²) in [5, 5.41) is 12.1. The van der Waals surface area contributed by atoms with E-state index in [-0.39, 0.29) is 24.3 Å². The molecule has 12 heteroatoms. The lowest BCUT2D eigenvalue weighted by Crippen LogP contribution is -2.48. The van der Waals surface area contributed by atoms with Crippen LogP contribution in [-0.4, -0.2) is 59.5 Å². The Balaban J connectivity index is 1.71. The maximum Gasteiger partial charge on any atom is 0.514 e. The summed E-state index contributed by atoms with van der Waals surface area (Å²) >= 11 is 0. The molecule has 1 N–H and O–H groups in total. The van der Waals surface area contributed by atoms with Gasteiger partial charge in [0.15, 0.2) is 6.61 Å². The summed E-state index contributed by atoms with van der Waals surface area (Å²) in [6.45, 7) is 5.34. The fraction of sp³-hybridized carbons (Fsp3) is 0.550. The average Bonchev–Trinajstić information content (AvgIpc) is 2.70. The molecule has 1 aromatic carbocycles. The first-order valence-electron chi connectivity index (χ1n) is 10.00. The Morgan fingerprint density at radius 1 is 1.22 bits per heavy atom. The maximum absolute atomic E-state index is 12.3. The molecular weight excluding hydrogens is 426 g/mol. The predicted molar refractivity (Wildman–Crippen MR) is 109 cm³/mol. The summed E-state index contributed by atoms with van der Waals surface area (Å²) in [6, 6.07) is 5.83. The van der Waals surface area contributed by atoms with Gasteiger partial charge in [0.05, 0.1) is 0 Å². The number of nitrogens with one attached hydrogen (secondary N) is 1. The Labute approximate surface area is 184 Å². The molecule has 0 radical (unpaired) electrons. The molecule has 1 aliphatic heterocycles. The number of piperidine rings is 1. The average molecular weight is 453 g/mol. The highest BCUT2D eigenvalue weighted by Gasteiger charge is 2.26. The molecular formula is C20H27N3O9. The van der Waals surface area contributed by atoms with Crippen LogP contribution in [0.1, 0.15) is 39.2 Å². The molecule has 176 valence electrons. The fourth-order valence-corrected chi connectivity index (χ4v) is 2.91. The lowest BCUT2D eigenvalue weighted by Gasteiger charge is -2.32. The third-order valence-electron chi connectivity index (χ3n) is 4.32. The van der Waals surface area contributed by atoms with E-state index >= 15 is 0 Å². The zero-order valence-corrected chi connectivity index (χ0v) is 18.2. The normalized spacial score (nSPS) is 14.3. The summed E-state index contributed by atoms with van der Waals surface area (Å²) in [5.41, 5.74) is -0.164. The molecule has 0 saturated carbocycles. The third kappa shape index (κ3) is 9.06. The fourth-order valence-electron chi connectivity index (χ4n) is 2.91. The van der Waals surface area contributed by atoms with Crippen molar-refractivity contribution >= 4 is 18.2 Å². The molecule has 1 saturated heterocycles. The Morgan fingerprint density at radius 2 is 1.91 bits per heavy atom. The number of rotatable bonds is 7. The molecule has 2 amide bonds. The van der Waals surface area contributed by atoms with Crippen LogP contribution < -0.4 is 10.1 Å². The van der Waals surface area contributed by atoms with Crippen molar-refractivity contribution < 1.29 is 38.5 Å². The number of hydrogen-bond donors (Lipinski definition) is 1. The van der Waals surface area contributed by atoms with Gasteiger partial charge >= 0.3 is 12.2 Å². The van der Waals surface area contributed by atoms with Gasteiger partial charge < -0.3 is 29.3 Å². The molecule has 0 aliphatic carbocycles. The van der Waals surface area contributed by atoms with Gasteiger partial charge in [-0.3, -0.25) is 4.79 Å². The maximum atomic E-state index is 12.3. The summed E-state index contributed by atoms with van der Waals surface area (Å²) < 4.78 is 15.1. The molecule has 0 atom stereocenters. The molecule has 2 rings (SSSR count). The zero-order chi connectivity index (χ0) is 23.7. The molecule has 1 fully saturated rings. The SMILES string of the molecule is CC(C)(C)OC(=O)NC1CCN(C(=O)COC(=O)Oc2cccc(CO[N+](=O)[O-])c2)CC1. The number of likely N-dealkylation sites (tertiary alicyclic amines) is 1. The van der Waals surface area contributed by atoms with E-state index in [4.69, 9.17) is 14.2 Å². The van der Waals surface area contributed by atoms with E-state index in [0.717, 1.165) is 0 Å². The minimum absolute atomic E-state index is 0.0981. The van der Waals surface area contributed by atoms with Crippen LogP contribution in [0, 0.1) is 10.1 Å². The van der Waals surface area contributed by atoms with Crippen molar-refractivity contribution in [2.75, 3.05) is 19.7 Å². The van der Waals surface area contributed by atoms with Crippen molar-refractivity contribution in [3.63, 3.8) is 0 Å². The van der Waals surface area contributed by atoms with Crippen LogP contribution in [0.2, 0.25) is 0 Å². The quantitative estimate of drug-likeness (QED) is 0.284. The van der Waals surface area contributed by atoms with Gasteiger partial charge in [-0.2, -0.15) is 0 Å². The second-order valence-electron chi connectivity index (χ2n) is 8.09. The molecule has 0 aromatic heterocycles. The highest BCUT2D eigenvalue weighted by Crippen LogP contribution is 2.16. The van der Waals surface area contributed by atoms with Gasteiger partial charge in [0.25, 0.3) is 11.0 Å². The van der Waals surface area contributed by atoms with Crippen LogP contribution in [0.15, 0.2) is 24.3 Å². The second-order valence-corrected chi connectivity index (χ2v) is 8.09. The van der Waals surface area contributed by atoms with E-state index in [1.54, 1.807) is 26.8 Å². The molecule has 1 aliphatic rings. The van der Waals surface area contributed by atoms with Gasteiger partial charge in [-0.15, -0.1) is 10.1 Å². The van der Waals surface area contributed by atoms with Gasteiger partial charge in [0.2, 0.25) is 0 Å². The molecule has 0 bridgehead atoms. The topological polar surface area (TPSA) is 147 Å². The first-order valence-corrected chi connectivity index (χ1v) is 10.00. The van der Waals surface area contributed by atoms with Crippen LogP contribution >= 0.6 is 0 Å². The molecule has 1 aromatic rings. The van der Waals surface area contributed by atoms with Crippen molar-refractivity contribution in [1.82, 2.24) is 10.2 Å². The number of benzene rings is 1. The van der Waals surface area contributed by atoms with Crippen molar-refractivity contribution in [3.8, 4) is 5.75 Å². The number of alkyl carbamates (subject to hydrolysis) is 1. The predicted octanol–water partition coefficient (Wildman–Crippen LogP) is 2.43. The van der Waals surface area contributed by atoms with E-state index in [9.17, 15) is 24.5 Å². The van der Waals surface area contributed by atoms with Crippen molar-refractivity contribution in [1.29, 1.82) is 0 Å². The van der Waals surface area contributed by atoms with Crippen LogP contribution in [0.25, 0.3) is 0 Å². The van der Waals surface area contributed by atoms with Gasteiger partial charge in [0, 0.05) is 19.1 Å². The second kappa shape index (κ2) is 11.2.